The number of hydrogen-bond acceptors (Lipinski definition) is 5. The predicted octanol–water partition coefficient (Wildman–Crippen LogP) is 1.12. The van der Waals surface area contributed by atoms with E-state index in [0.717, 1.165) is 0 Å². The van der Waals surface area contributed by atoms with Gasteiger partial charge in [-0.3, -0.25) is 0 Å². The minimum Gasteiger partial charge on any atom is -0.489 e. The number of para-hydroxylation sites is 1. The van der Waals surface area contributed by atoms with Crippen molar-refractivity contribution < 1.29 is 34.0 Å². The molecule has 1 aromatic carbocycles. The van der Waals surface area contributed by atoms with E-state index in [-0.39, 0.29) is 30.1 Å². The van der Waals surface area contributed by atoms with Gasteiger partial charge in [-0.05, 0) is 12.1 Å². The van der Waals surface area contributed by atoms with Crippen LogP contribution in [0.1, 0.15) is 20.7 Å². The lowest BCUT2D eigenvalue weighted by atomic mass is 10.1. The average Bonchev–Trinajstić information content (AvgIpc) is 2.42. The first-order chi connectivity index (χ1) is 9.57. The quantitative estimate of drug-likeness (QED) is 0.655. The number of rotatable bonds is 9. The molecule has 0 amide bonds. The fraction of sp³-hybridized carbons (Fsp3) is 0.385. The smallest absolute Gasteiger partial charge is 0.339 e. The Morgan fingerprint density at radius 2 is 1.55 bits per heavy atom. The molecule has 110 valence electrons. The summed E-state index contributed by atoms with van der Waals surface area (Å²) < 4.78 is 15.2. The zero-order valence-corrected chi connectivity index (χ0v) is 11.0. The van der Waals surface area contributed by atoms with Crippen LogP contribution in [0.3, 0.4) is 0 Å². The first-order valence-corrected chi connectivity index (χ1v) is 5.87. The van der Waals surface area contributed by atoms with Crippen molar-refractivity contribution in [2.45, 2.75) is 0 Å². The Balaban J connectivity index is 2.71. The molecule has 0 spiro atoms. The van der Waals surface area contributed by atoms with Gasteiger partial charge in [0.1, 0.15) is 23.5 Å². The summed E-state index contributed by atoms with van der Waals surface area (Å²) >= 11 is 0. The maximum Gasteiger partial charge on any atom is 0.339 e. The molecule has 0 radical (unpaired) electrons. The highest BCUT2D eigenvalue weighted by Gasteiger charge is 2.19. The number of aromatic carboxylic acids is 2. The second kappa shape index (κ2) is 8.13. The highest BCUT2D eigenvalue weighted by molar-refractivity contribution is 5.98. The highest BCUT2D eigenvalue weighted by Crippen LogP contribution is 2.24. The molecule has 0 fully saturated rings. The Morgan fingerprint density at radius 1 is 1.00 bits per heavy atom. The zero-order chi connectivity index (χ0) is 15.0. The van der Waals surface area contributed by atoms with Crippen molar-refractivity contribution in [3.05, 3.63) is 29.3 Å². The molecule has 0 aliphatic carbocycles. The molecule has 1 rings (SSSR count). The van der Waals surface area contributed by atoms with Crippen LogP contribution in [0.15, 0.2) is 18.2 Å². The fourth-order valence-corrected chi connectivity index (χ4v) is 1.48. The topological polar surface area (TPSA) is 102 Å². The minimum atomic E-state index is -1.25. The van der Waals surface area contributed by atoms with Crippen LogP contribution in [0.4, 0.5) is 0 Å². The molecule has 0 bridgehead atoms. The van der Waals surface area contributed by atoms with Crippen molar-refractivity contribution in [1.29, 1.82) is 0 Å². The van der Waals surface area contributed by atoms with Gasteiger partial charge in [0.25, 0.3) is 0 Å². The number of ether oxygens (including phenoxy) is 3. The molecule has 0 aromatic heterocycles. The standard InChI is InChI=1S/C13H16O7/c1-18-5-6-19-7-8-20-11-9(12(14)15)3-2-4-10(11)13(16)17/h2-4H,5-8H2,1H3,(H,14,15)(H,16,17). The Bertz CT molecular complexity index is 438. The summed E-state index contributed by atoms with van der Waals surface area (Å²) in [5, 5.41) is 18.0. The summed E-state index contributed by atoms with van der Waals surface area (Å²) in [7, 11) is 1.54. The van der Waals surface area contributed by atoms with Crippen molar-refractivity contribution in [1.82, 2.24) is 0 Å². The van der Waals surface area contributed by atoms with Gasteiger partial charge in [-0.1, -0.05) is 6.07 Å². The third-order valence-electron chi connectivity index (χ3n) is 2.38. The number of carbonyl (C=O) groups is 2. The van der Waals surface area contributed by atoms with E-state index in [2.05, 4.69) is 0 Å². The van der Waals surface area contributed by atoms with Crippen molar-refractivity contribution in [2.24, 2.45) is 0 Å². The van der Waals surface area contributed by atoms with Gasteiger partial charge in [0.15, 0.2) is 0 Å². The number of carboxylic acid groups (broad SMARTS) is 2. The van der Waals surface area contributed by atoms with Crippen LogP contribution >= 0.6 is 0 Å². The van der Waals surface area contributed by atoms with E-state index in [9.17, 15) is 9.59 Å². The van der Waals surface area contributed by atoms with Gasteiger partial charge >= 0.3 is 11.9 Å². The van der Waals surface area contributed by atoms with Gasteiger partial charge in [0.05, 0.1) is 19.8 Å². The largest absolute Gasteiger partial charge is 0.489 e. The van der Waals surface area contributed by atoms with E-state index in [0.29, 0.717) is 13.2 Å². The predicted molar refractivity (Wildman–Crippen MR) is 68.6 cm³/mol. The Kier molecular flexibility index (Phi) is 6.48. The summed E-state index contributed by atoms with van der Waals surface area (Å²) in [5.41, 5.74) is -0.386. The van der Waals surface area contributed by atoms with Crippen LogP contribution in [-0.4, -0.2) is 55.7 Å². The van der Waals surface area contributed by atoms with Crippen molar-refractivity contribution >= 4 is 11.9 Å². The van der Waals surface area contributed by atoms with Crippen molar-refractivity contribution in [2.75, 3.05) is 33.5 Å². The van der Waals surface area contributed by atoms with Gasteiger partial charge in [-0.25, -0.2) is 9.59 Å². The third-order valence-corrected chi connectivity index (χ3v) is 2.38. The third kappa shape index (κ3) is 4.52. The number of hydrogen-bond donors (Lipinski definition) is 2. The van der Waals surface area contributed by atoms with E-state index in [4.69, 9.17) is 24.4 Å². The average molecular weight is 284 g/mol. The molecule has 0 unspecified atom stereocenters. The van der Waals surface area contributed by atoms with E-state index in [1.54, 1.807) is 7.11 Å². The van der Waals surface area contributed by atoms with Crippen molar-refractivity contribution in [3.63, 3.8) is 0 Å². The molecule has 0 aliphatic rings. The van der Waals surface area contributed by atoms with Gasteiger partial charge in [0, 0.05) is 7.11 Å². The number of carboxylic acids is 2. The molecule has 0 atom stereocenters. The van der Waals surface area contributed by atoms with Gasteiger partial charge in [-0.2, -0.15) is 0 Å². The van der Waals surface area contributed by atoms with Crippen LogP contribution in [0, 0.1) is 0 Å². The molecule has 0 aliphatic heterocycles. The second-order valence-electron chi connectivity index (χ2n) is 3.75. The summed E-state index contributed by atoms with van der Waals surface area (Å²) in [6.45, 7) is 1.07. The molecule has 7 heteroatoms. The van der Waals surface area contributed by atoms with Crippen LogP contribution < -0.4 is 4.74 Å². The molecule has 0 saturated heterocycles. The van der Waals surface area contributed by atoms with Gasteiger partial charge in [0.2, 0.25) is 0 Å². The molecule has 7 nitrogen and oxygen atoms in total. The lowest BCUT2D eigenvalue weighted by Gasteiger charge is -2.12. The Morgan fingerprint density at radius 3 is 2.05 bits per heavy atom. The molecule has 20 heavy (non-hydrogen) atoms. The summed E-state index contributed by atoms with van der Waals surface area (Å²) in [6.07, 6.45) is 0. The first-order valence-electron chi connectivity index (χ1n) is 5.87. The fourth-order valence-electron chi connectivity index (χ4n) is 1.48. The normalized spacial score (nSPS) is 10.2. The summed E-state index contributed by atoms with van der Waals surface area (Å²) in [6, 6.07) is 3.93. The van der Waals surface area contributed by atoms with Crippen LogP contribution in [0.5, 0.6) is 5.75 Å². The second-order valence-corrected chi connectivity index (χ2v) is 3.75. The molecule has 2 N–H and O–H groups in total. The number of methoxy groups -OCH3 is 1. The molecule has 1 aromatic rings. The Hall–Kier alpha value is -2.12. The summed E-state index contributed by atoms with van der Waals surface area (Å²) in [4.78, 5) is 22.1. The van der Waals surface area contributed by atoms with E-state index >= 15 is 0 Å². The molecular formula is C13H16O7. The lowest BCUT2D eigenvalue weighted by molar-refractivity contribution is 0.0527. The monoisotopic (exact) mass is 284 g/mol. The highest BCUT2D eigenvalue weighted by atomic mass is 16.5. The maximum atomic E-state index is 11.0. The van der Waals surface area contributed by atoms with E-state index in [1.807, 2.05) is 0 Å². The molecular weight excluding hydrogens is 268 g/mol. The molecule has 0 heterocycles. The van der Waals surface area contributed by atoms with Crippen LogP contribution in [0.2, 0.25) is 0 Å². The maximum absolute atomic E-state index is 11.0. The zero-order valence-electron chi connectivity index (χ0n) is 11.0. The summed E-state index contributed by atoms with van der Waals surface area (Å²) in [5.74, 6) is -2.66. The Labute approximate surface area is 115 Å². The first kappa shape index (κ1) is 15.9. The lowest BCUT2D eigenvalue weighted by Crippen LogP contribution is -2.14. The van der Waals surface area contributed by atoms with E-state index in [1.165, 1.54) is 18.2 Å². The van der Waals surface area contributed by atoms with Crippen LogP contribution in [-0.2, 0) is 9.47 Å². The van der Waals surface area contributed by atoms with Crippen molar-refractivity contribution in [3.8, 4) is 5.75 Å². The van der Waals surface area contributed by atoms with Gasteiger partial charge in [-0.15, -0.1) is 0 Å². The van der Waals surface area contributed by atoms with E-state index < -0.39 is 11.9 Å². The van der Waals surface area contributed by atoms with Gasteiger partial charge < -0.3 is 24.4 Å². The SMILES string of the molecule is COCCOCCOc1c(C(=O)O)cccc1C(=O)O. The van der Waals surface area contributed by atoms with Crippen LogP contribution in [0.25, 0.3) is 0 Å². The molecule has 0 saturated carbocycles. The number of benzene rings is 1. The minimum absolute atomic E-state index is 0.0499.